The smallest absolute Gasteiger partial charge is 0.257 e. The Hall–Kier alpha value is -3.13. The first-order valence-corrected chi connectivity index (χ1v) is 9.87. The molecule has 29 heavy (non-hydrogen) atoms. The molecule has 152 valence electrons. The fourth-order valence-electron chi connectivity index (χ4n) is 2.50. The van der Waals surface area contributed by atoms with Crippen molar-refractivity contribution in [2.24, 2.45) is 5.92 Å². The van der Waals surface area contributed by atoms with E-state index in [1.165, 1.54) is 0 Å². The Balaban J connectivity index is 1.67. The highest BCUT2D eigenvalue weighted by Gasteiger charge is 2.13. The number of nitrogens with zero attached hydrogens (tertiary/aromatic N) is 2. The molecule has 2 aromatic carbocycles. The molecule has 3 aromatic rings. The average Bonchev–Trinajstić information content (AvgIpc) is 3.20. The van der Waals surface area contributed by atoms with E-state index in [1.807, 2.05) is 6.07 Å². The predicted octanol–water partition coefficient (Wildman–Crippen LogP) is 4.51. The zero-order valence-corrected chi connectivity index (χ0v) is 17.6. The van der Waals surface area contributed by atoms with Gasteiger partial charge in [-0.25, -0.2) is 0 Å². The number of nitrogens with one attached hydrogen (secondary N) is 1. The Labute approximate surface area is 173 Å². The van der Waals surface area contributed by atoms with Crippen molar-refractivity contribution in [1.82, 2.24) is 9.36 Å². The van der Waals surface area contributed by atoms with E-state index in [4.69, 9.17) is 14.2 Å². The summed E-state index contributed by atoms with van der Waals surface area (Å²) in [7, 11) is 3.15. The summed E-state index contributed by atoms with van der Waals surface area (Å²) < 4.78 is 20.5. The van der Waals surface area contributed by atoms with E-state index in [9.17, 15) is 4.79 Å². The first-order valence-electron chi connectivity index (χ1n) is 9.10. The summed E-state index contributed by atoms with van der Waals surface area (Å²) in [6.45, 7) is 4.80. The van der Waals surface area contributed by atoms with Gasteiger partial charge >= 0.3 is 0 Å². The molecule has 3 rings (SSSR count). The zero-order chi connectivity index (χ0) is 20.8. The van der Waals surface area contributed by atoms with Crippen LogP contribution in [0.2, 0.25) is 0 Å². The first kappa shape index (κ1) is 20.6. The number of carbonyl (C=O) groups is 1. The molecular formula is C21H23N3O4S. The Morgan fingerprint density at radius 2 is 1.79 bits per heavy atom. The molecule has 0 unspecified atom stereocenters. The van der Waals surface area contributed by atoms with Gasteiger partial charge in [0, 0.05) is 22.7 Å². The standard InChI is InChI=1S/C21H23N3O4S/c1-13(2)12-28-16-8-5-14(6-9-16)20(25)23-21-22-19(24-29-21)15-7-10-17(26-3)18(11-15)27-4/h5-11,13H,12H2,1-4H3,(H,22,23,24,25). The van der Waals surface area contributed by atoms with Gasteiger partial charge in [-0.05, 0) is 48.4 Å². The highest BCUT2D eigenvalue weighted by Crippen LogP contribution is 2.32. The molecule has 0 aliphatic heterocycles. The third-order valence-corrected chi connectivity index (χ3v) is 4.62. The minimum absolute atomic E-state index is 0.254. The molecule has 0 saturated carbocycles. The van der Waals surface area contributed by atoms with Gasteiger partial charge in [0.25, 0.3) is 5.91 Å². The van der Waals surface area contributed by atoms with Crippen molar-refractivity contribution >= 4 is 22.6 Å². The monoisotopic (exact) mass is 413 g/mol. The van der Waals surface area contributed by atoms with Crippen molar-refractivity contribution in [3.8, 4) is 28.6 Å². The van der Waals surface area contributed by atoms with Crippen LogP contribution < -0.4 is 19.5 Å². The number of ether oxygens (including phenoxy) is 3. The molecule has 0 aliphatic rings. The lowest BCUT2D eigenvalue weighted by Crippen LogP contribution is -2.11. The van der Waals surface area contributed by atoms with E-state index < -0.39 is 0 Å². The van der Waals surface area contributed by atoms with Gasteiger partial charge in [0.1, 0.15) is 5.75 Å². The molecule has 1 heterocycles. The number of rotatable bonds is 8. The van der Waals surface area contributed by atoms with Gasteiger partial charge in [0.15, 0.2) is 17.3 Å². The SMILES string of the molecule is COc1ccc(-c2nsc(NC(=O)c3ccc(OCC(C)C)cc3)n2)cc1OC. The van der Waals surface area contributed by atoms with Gasteiger partial charge in [-0.2, -0.15) is 9.36 Å². The van der Waals surface area contributed by atoms with Crippen molar-refractivity contribution < 1.29 is 19.0 Å². The predicted molar refractivity (Wildman–Crippen MR) is 113 cm³/mol. The summed E-state index contributed by atoms with van der Waals surface area (Å²) in [5, 5.41) is 3.20. The molecular weight excluding hydrogens is 390 g/mol. The Kier molecular flexibility index (Phi) is 6.66. The zero-order valence-electron chi connectivity index (χ0n) is 16.8. The molecule has 1 N–H and O–H groups in total. The van der Waals surface area contributed by atoms with Crippen LogP contribution in [0.5, 0.6) is 17.2 Å². The van der Waals surface area contributed by atoms with E-state index in [0.29, 0.717) is 40.5 Å². The lowest BCUT2D eigenvalue weighted by Gasteiger charge is -2.09. The van der Waals surface area contributed by atoms with Crippen LogP contribution in [0, 0.1) is 5.92 Å². The molecule has 0 atom stereocenters. The lowest BCUT2D eigenvalue weighted by atomic mass is 10.2. The second-order valence-corrected chi connectivity index (χ2v) is 7.43. The van der Waals surface area contributed by atoms with Gasteiger partial charge in [0.2, 0.25) is 5.13 Å². The van der Waals surface area contributed by atoms with Crippen LogP contribution in [-0.2, 0) is 0 Å². The number of hydrogen-bond acceptors (Lipinski definition) is 7. The highest BCUT2D eigenvalue weighted by molar-refractivity contribution is 7.10. The summed E-state index contributed by atoms with van der Waals surface area (Å²) in [5.41, 5.74) is 1.29. The number of amides is 1. The largest absolute Gasteiger partial charge is 0.493 e. The summed E-state index contributed by atoms with van der Waals surface area (Å²) in [4.78, 5) is 16.9. The summed E-state index contributed by atoms with van der Waals surface area (Å²) in [6.07, 6.45) is 0. The molecule has 7 nitrogen and oxygen atoms in total. The van der Waals surface area contributed by atoms with Crippen molar-refractivity contribution in [3.05, 3.63) is 48.0 Å². The van der Waals surface area contributed by atoms with E-state index in [-0.39, 0.29) is 5.91 Å². The van der Waals surface area contributed by atoms with Crippen LogP contribution in [0.4, 0.5) is 5.13 Å². The van der Waals surface area contributed by atoms with Crippen LogP contribution >= 0.6 is 11.5 Å². The fourth-order valence-corrected chi connectivity index (χ4v) is 3.09. The first-order chi connectivity index (χ1) is 14.0. The normalized spacial score (nSPS) is 10.7. The molecule has 0 fully saturated rings. The van der Waals surface area contributed by atoms with Crippen LogP contribution in [-0.4, -0.2) is 36.1 Å². The number of carbonyl (C=O) groups excluding carboxylic acids is 1. The van der Waals surface area contributed by atoms with Crippen LogP contribution in [0.25, 0.3) is 11.4 Å². The Morgan fingerprint density at radius 1 is 1.07 bits per heavy atom. The lowest BCUT2D eigenvalue weighted by molar-refractivity contribution is 0.102. The second kappa shape index (κ2) is 9.38. The van der Waals surface area contributed by atoms with Gasteiger partial charge < -0.3 is 14.2 Å². The minimum Gasteiger partial charge on any atom is -0.493 e. The van der Waals surface area contributed by atoms with Crippen molar-refractivity contribution in [3.63, 3.8) is 0 Å². The van der Waals surface area contributed by atoms with Crippen LogP contribution in [0.3, 0.4) is 0 Å². The second-order valence-electron chi connectivity index (χ2n) is 6.68. The Bertz CT molecular complexity index is 970. The van der Waals surface area contributed by atoms with Crippen LogP contribution in [0.15, 0.2) is 42.5 Å². The van der Waals surface area contributed by atoms with Gasteiger partial charge in [-0.15, -0.1) is 0 Å². The average molecular weight is 413 g/mol. The maximum Gasteiger partial charge on any atom is 0.257 e. The van der Waals surface area contributed by atoms with Gasteiger partial charge in [-0.1, -0.05) is 13.8 Å². The Morgan fingerprint density at radius 3 is 2.45 bits per heavy atom. The third kappa shape index (κ3) is 5.23. The van der Waals surface area contributed by atoms with Crippen molar-refractivity contribution in [2.75, 3.05) is 26.1 Å². The number of anilines is 1. The van der Waals surface area contributed by atoms with Crippen LogP contribution in [0.1, 0.15) is 24.2 Å². The summed E-state index contributed by atoms with van der Waals surface area (Å²) in [5.74, 6) is 2.64. The van der Waals surface area contributed by atoms with E-state index in [0.717, 1.165) is 22.8 Å². The molecule has 0 spiro atoms. The van der Waals surface area contributed by atoms with Gasteiger partial charge in [-0.3, -0.25) is 10.1 Å². The van der Waals surface area contributed by atoms with Crippen molar-refractivity contribution in [2.45, 2.75) is 13.8 Å². The van der Waals surface area contributed by atoms with Crippen molar-refractivity contribution in [1.29, 1.82) is 0 Å². The minimum atomic E-state index is -0.254. The molecule has 1 amide bonds. The number of aromatic nitrogens is 2. The number of methoxy groups -OCH3 is 2. The molecule has 0 radical (unpaired) electrons. The number of benzene rings is 2. The summed E-state index contributed by atoms with van der Waals surface area (Å²) >= 11 is 1.12. The molecule has 0 bridgehead atoms. The molecule has 8 heteroatoms. The van der Waals surface area contributed by atoms with Gasteiger partial charge in [0.05, 0.1) is 20.8 Å². The van der Waals surface area contributed by atoms with E-state index in [2.05, 4.69) is 28.5 Å². The topological polar surface area (TPSA) is 82.6 Å². The molecule has 0 saturated heterocycles. The quantitative estimate of drug-likeness (QED) is 0.585. The fraction of sp³-hybridized carbons (Fsp3) is 0.286. The maximum atomic E-state index is 12.5. The molecule has 0 aliphatic carbocycles. The summed E-state index contributed by atoms with van der Waals surface area (Å²) in [6, 6.07) is 12.4. The third-order valence-electron chi connectivity index (χ3n) is 3.99. The highest BCUT2D eigenvalue weighted by atomic mass is 32.1. The number of hydrogen-bond donors (Lipinski definition) is 1. The maximum absolute atomic E-state index is 12.5. The van der Waals surface area contributed by atoms with E-state index >= 15 is 0 Å². The molecule has 1 aromatic heterocycles. The van der Waals surface area contributed by atoms with E-state index in [1.54, 1.807) is 50.6 Å².